The van der Waals surface area contributed by atoms with Crippen molar-refractivity contribution in [3.63, 3.8) is 0 Å². The molecular weight excluding hydrogens is 455 g/mol. The van der Waals surface area contributed by atoms with Crippen LogP contribution in [0.25, 0.3) is 0 Å². The molecule has 2 rings (SSSR count). The molecule has 4 nitrogen and oxygen atoms in total. The molecule has 0 saturated carbocycles. The average molecular weight is 479 g/mol. The summed E-state index contributed by atoms with van der Waals surface area (Å²) < 4.78 is 0. The van der Waals surface area contributed by atoms with E-state index in [-0.39, 0.29) is 30.0 Å². The van der Waals surface area contributed by atoms with Crippen LogP contribution in [0.4, 0.5) is 0 Å². The SMILES string of the molecule is CN=C(NCCc1sc(C)nc1C)NC(C)c1ccc(Cl)cc1.I. The zero-order valence-electron chi connectivity index (χ0n) is 14.4. The number of rotatable bonds is 5. The lowest BCUT2D eigenvalue weighted by Gasteiger charge is -2.18. The van der Waals surface area contributed by atoms with Gasteiger partial charge in [0.1, 0.15) is 0 Å². The van der Waals surface area contributed by atoms with Crippen LogP contribution in [0.15, 0.2) is 29.3 Å². The van der Waals surface area contributed by atoms with Crippen molar-refractivity contribution in [1.29, 1.82) is 0 Å². The molecule has 0 spiro atoms. The third-order valence-electron chi connectivity index (χ3n) is 3.59. The number of guanidine groups is 1. The predicted molar refractivity (Wildman–Crippen MR) is 115 cm³/mol. The van der Waals surface area contributed by atoms with Crippen LogP contribution in [0.3, 0.4) is 0 Å². The molecule has 2 N–H and O–H groups in total. The van der Waals surface area contributed by atoms with Crippen molar-refractivity contribution < 1.29 is 0 Å². The maximum atomic E-state index is 5.93. The molecule has 0 aliphatic heterocycles. The van der Waals surface area contributed by atoms with Crippen LogP contribution in [0.2, 0.25) is 5.02 Å². The zero-order valence-corrected chi connectivity index (χ0v) is 18.3. The number of hydrogen-bond acceptors (Lipinski definition) is 3. The summed E-state index contributed by atoms with van der Waals surface area (Å²) in [5, 5.41) is 8.62. The second kappa shape index (κ2) is 10.2. The Balaban J connectivity index is 0.00000288. The van der Waals surface area contributed by atoms with Crippen molar-refractivity contribution in [3.8, 4) is 0 Å². The minimum Gasteiger partial charge on any atom is -0.356 e. The predicted octanol–water partition coefficient (Wildman–Crippen LogP) is 4.50. The maximum Gasteiger partial charge on any atom is 0.191 e. The maximum absolute atomic E-state index is 5.93. The molecule has 1 unspecified atom stereocenters. The lowest BCUT2D eigenvalue weighted by molar-refractivity contribution is 0.685. The van der Waals surface area contributed by atoms with E-state index in [1.54, 1.807) is 18.4 Å². The first kappa shape index (κ1) is 21.2. The quantitative estimate of drug-likeness (QED) is 0.378. The highest BCUT2D eigenvalue weighted by molar-refractivity contribution is 14.0. The minimum atomic E-state index is 0. The van der Waals surface area contributed by atoms with E-state index in [9.17, 15) is 0 Å². The van der Waals surface area contributed by atoms with E-state index >= 15 is 0 Å². The van der Waals surface area contributed by atoms with Crippen LogP contribution < -0.4 is 10.6 Å². The van der Waals surface area contributed by atoms with Crippen molar-refractivity contribution in [3.05, 3.63) is 50.4 Å². The van der Waals surface area contributed by atoms with Crippen LogP contribution in [0, 0.1) is 13.8 Å². The number of aryl methyl sites for hydroxylation is 2. The van der Waals surface area contributed by atoms with Crippen LogP contribution in [-0.4, -0.2) is 24.5 Å². The van der Waals surface area contributed by atoms with E-state index < -0.39 is 0 Å². The molecule has 0 amide bonds. The first-order valence-electron chi connectivity index (χ1n) is 7.65. The van der Waals surface area contributed by atoms with Crippen molar-refractivity contribution in [2.75, 3.05) is 13.6 Å². The van der Waals surface area contributed by atoms with Crippen molar-refractivity contribution in [2.45, 2.75) is 33.2 Å². The molecule has 0 aliphatic carbocycles. The second-order valence-electron chi connectivity index (χ2n) is 5.41. The van der Waals surface area contributed by atoms with E-state index in [4.69, 9.17) is 11.6 Å². The Morgan fingerprint density at radius 2 is 1.96 bits per heavy atom. The van der Waals surface area contributed by atoms with E-state index in [2.05, 4.69) is 34.5 Å². The van der Waals surface area contributed by atoms with Gasteiger partial charge in [0.05, 0.1) is 16.7 Å². The first-order valence-corrected chi connectivity index (χ1v) is 8.84. The van der Waals surface area contributed by atoms with Gasteiger partial charge in [-0.25, -0.2) is 4.98 Å². The van der Waals surface area contributed by atoms with Gasteiger partial charge in [-0.05, 0) is 38.5 Å². The Kier molecular flexibility index (Phi) is 9.01. The van der Waals surface area contributed by atoms with Gasteiger partial charge in [-0.1, -0.05) is 23.7 Å². The van der Waals surface area contributed by atoms with Gasteiger partial charge in [-0.2, -0.15) is 0 Å². The standard InChI is InChI=1S/C17H23ClN4S.HI/c1-11(14-5-7-15(18)8-6-14)22-17(19-4)20-10-9-16-12(2)21-13(3)23-16;/h5-8,11H,9-10H2,1-4H3,(H2,19,20,22);1H. The van der Waals surface area contributed by atoms with Crippen LogP contribution in [-0.2, 0) is 6.42 Å². The Morgan fingerprint density at radius 3 is 2.50 bits per heavy atom. The molecule has 0 radical (unpaired) electrons. The molecular formula is C17H24ClIN4S. The normalized spacial score (nSPS) is 12.5. The van der Waals surface area contributed by atoms with Crippen LogP contribution >= 0.6 is 46.9 Å². The molecule has 0 saturated heterocycles. The molecule has 0 fully saturated rings. The van der Waals surface area contributed by atoms with Gasteiger partial charge in [-0.3, -0.25) is 4.99 Å². The van der Waals surface area contributed by atoms with Gasteiger partial charge >= 0.3 is 0 Å². The summed E-state index contributed by atoms with van der Waals surface area (Å²) in [6, 6.07) is 8.01. The van der Waals surface area contributed by atoms with Crippen molar-refractivity contribution in [1.82, 2.24) is 15.6 Å². The van der Waals surface area contributed by atoms with Gasteiger partial charge in [0.2, 0.25) is 0 Å². The highest BCUT2D eigenvalue weighted by Crippen LogP contribution is 2.17. The number of halogens is 2. The highest BCUT2D eigenvalue weighted by atomic mass is 127. The van der Waals surface area contributed by atoms with E-state index in [1.165, 1.54) is 10.4 Å². The fourth-order valence-corrected chi connectivity index (χ4v) is 3.40. The molecule has 1 aromatic carbocycles. The number of nitrogens with zero attached hydrogens (tertiary/aromatic N) is 2. The Bertz CT molecular complexity index is 670. The molecule has 1 aromatic heterocycles. The minimum absolute atomic E-state index is 0. The molecule has 0 bridgehead atoms. The average Bonchev–Trinajstić information content (AvgIpc) is 2.84. The lowest BCUT2D eigenvalue weighted by atomic mass is 10.1. The fraction of sp³-hybridized carbons (Fsp3) is 0.412. The van der Waals surface area contributed by atoms with Gasteiger partial charge in [0, 0.05) is 29.9 Å². The van der Waals surface area contributed by atoms with Gasteiger partial charge in [0.25, 0.3) is 0 Å². The van der Waals surface area contributed by atoms with E-state index in [0.717, 1.165) is 34.6 Å². The Labute approximate surface area is 170 Å². The monoisotopic (exact) mass is 478 g/mol. The highest BCUT2D eigenvalue weighted by Gasteiger charge is 2.09. The van der Waals surface area contributed by atoms with E-state index in [0.29, 0.717) is 0 Å². The number of nitrogens with one attached hydrogen (secondary N) is 2. The Morgan fingerprint density at radius 1 is 1.29 bits per heavy atom. The zero-order chi connectivity index (χ0) is 16.8. The third kappa shape index (κ3) is 6.22. The smallest absolute Gasteiger partial charge is 0.191 e. The molecule has 1 atom stereocenters. The lowest BCUT2D eigenvalue weighted by Crippen LogP contribution is -2.39. The molecule has 24 heavy (non-hydrogen) atoms. The first-order chi connectivity index (χ1) is 11.0. The summed E-state index contributed by atoms with van der Waals surface area (Å²) in [5.74, 6) is 0.798. The molecule has 1 heterocycles. The van der Waals surface area contributed by atoms with Crippen LogP contribution in [0.5, 0.6) is 0 Å². The third-order valence-corrected chi connectivity index (χ3v) is 4.98. The summed E-state index contributed by atoms with van der Waals surface area (Å²) in [6.07, 6.45) is 0.952. The number of aromatic nitrogens is 1. The van der Waals surface area contributed by atoms with Crippen molar-refractivity contribution >= 4 is 52.9 Å². The van der Waals surface area contributed by atoms with Gasteiger partial charge in [-0.15, -0.1) is 35.3 Å². The fourth-order valence-electron chi connectivity index (χ4n) is 2.33. The number of hydrogen-bond donors (Lipinski definition) is 2. The number of benzene rings is 1. The Hall–Kier alpha value is -0.860. The summed E-state index contributed by atoms with van der Waals surface area (Å²) in [7, 11) is 1.78. The number of aliphatic imine (C=N–C) groups is 1. The number of thiazole rings is 1. The largest absolute Gasteiger partial charge is 0.356 e. The van der Waals surface area contributed by atoms with Crippen molar-refractivity contribution in [2.24, 2.45) is 4.99 Å². The second-order valence-corrected chi connectivity index (χ2v) is 7.13. The summed E-state index contributed by atoms with van der Waals surface area (Å²) in [4.78, 5) is 10.1. The molecule has 132 valence electrons. The molecule has 7 heteroatoms. The molecule has 2 aromatic rings. The van der Waals surface area contributed by atoms with Gasteiger partial charge in [0.15, 0.2) is 5.96 Å². The summed E-state index contributed by atoms with van der Waals surface area (Å²) in [6.45, 7) is 7.04. The summed E-state index contributed by atoms with van der Waals surface area (Å²) >= 11 is 7.69. The molecule has 0 aliphatic rings. The topological polar surface area (TPSA) is 49.3 Å². The van der Waals surface area contributed by atoms with Gasteiger partial charge < -0.3 is 10.6 Å². The summed E-state index contributed by atoms with van der Waals surface area (Å²) in [5.41, 5.74) is 2.30. The van der Waals surface area contributed by atoms with Crippen LogP contribution in [0.1, 0.15) is 34.1 Å². The van der Waals surface area contributed by atoms with E-state index in [1.807, 2.05) is 31.2 Å².